The minimum absolute atomic E-state index is 0.0640. The van der Waals surface area contributed by atoms with Crippen LogP contribution in [0.15, 0.2) is 0 Å². The fourth-order valence-electron chi connectivity index (χ4n) is 7.99. The van der Waals surface area contributed by atoms with E-state index in [0.717, 1.165) is 69.6 Å². The van der Waals surface area contributed by atoms with E-state index in [9.17, 15) is 14.4 Å². The Hall–Kier alpha value is -1.59. The Kier molecular flexibility index (Phi) is 44.7. The topological polar surface area (TPSA) is 78.9 Å². The van der Waals surface area contributed by atoms with Crippen LogP contribution < -0.4 is 0 Å². The van der Waals surface area contributed by atoms with Gasteiger partial charge in [-0.1, -0.05) is 253 Å². The van der Waals surface area contributed by atoms with Crippen molar-refractivity contribution in [3.05, 3.63) is 0 Å². The molecule has 6 nitrogen and oxygen atoms in total. The summed E-state index contributed by atoms with van der Waals surface area (Å²) in [6, 6.07) is 0. The molecule has 59 heavy (non-hydrogen) atoms. The van der Waals surface area contributed by atoms with Crippen molar-refractivity contribution in [1.82, 2.24) is 0 Å². The molecule has 0 aliphatic heterocycles. The molecule has 0 aliphatic carbocycles. The largest absolute Gasteiger partial charge is 0.462 e. The third-order valence-corrected chi connectivity index (χ3v) is 12.0. The molecule has 0 fully saturated rings. The maximum Gasteiger partial charge on any atom is 0.306 e. The number of rotatable bonds is 47. The van der Waals surface area contributed by atoms with E-state index in [1.807, 2.05) is 0 Å². The summed E-state index contributed by atoms with van der Waals surface area (Å²) in [7, 11) is 0. The van der Waals surface area contributed by atoms with Gasteiger partial charge in [-0.2, -0.15) is 0 Å². The maximum absolute atomic E-state index is 12.8. The molecule has 0 saturated heterocycles. The Bertz CT molecular complexity index is 900. The summed E-state index contributed by atoms with van der Waals surface area (Å²) in [5, 5.41) is 0. The van der Waals surface area contributed by atoms with E-state index < -0.39 is 6.10 Å². The number of hydrogen-bond donors (Lipinski definition) is 0. The number of esters is 3. The van der Waals surface area contributed by atoms with Gasteiger partial charge < -0.3 is 14.2 Å². The molecule has 0 unspecified atom stereocenters. The molecule has 0 spiro atoms. The second-order valence-electron chi connectivity index (χ2n) is 19.1. The molecule has 6 heteroatoms. The van der Waals surface area contributed by atoms with Crippen molar-refractivity contribution in [2.75, 3.05) is 13.2 Å². The summed E-state index contributed by atoms with van der Waals surface area (Å²) in [6.45, 7) is 11.3. The Balaban J connectivity index is 4.28. The first-order chi connectivity index (χ1) is 28.7. The molecule has 0 N–H and O–H groups in total. The fourth-order valence-corrected chi connectivity index (χ4v) is 7.99. The van der Waals surface area contributed by atoms with Gasteiger partial charge >= 0.3 is 17.9 Å². The van der Waals surface area contributed by atoms with Crippen LogP contribution in [0.4, 0.5) is 0 Å². The third kappa shape index (κ3) is 47.3. The summed E-state index contributed by atoms with van der Waals surface area (Å²) in [4.78, 5) is 37.9. The second-order valence-corrected chi connectivity index (χ2v) is 19.1. The number of unbranched alkanes of at least 4 members (excludes halogenated alkanes) is 32. The molecule has 0 saturated carbocycles. The molecule has 0 aliphatic rings. The van der Waals surface area contributed by atoms with E-state index >= 15 is 0 Å². The van der Waals surface area contributed by atoms with Gasteiger partial charge in [0, 0.05) is 19.3 Å². The van der Waals surface area contributed by atoms with Crippen LogP contribution in [-0.2, 0) is 28.6 Å². The quantitative estimate of drug-likeness (QED) is 0.0345. The zero-order valence-electron chi connectivity index (χ0n) is 40.4. The summed E-state index contributed by atoms with van der Waals surface area (Å²) < 4.78 is 16.8. The highest BCUT2D eigenvalue weighted by molar-refractivity contribution is 5.71. The number of carbonyl (C=O) groups is 3. The summed E-state index contributed by atoms with van der Waals surface area (Å²) in [5.74, 6) is 0.764. The number of hydrogen-bond acceptors (Lipinski definition) is 6. The third-order valence-electron chi connectivity index (χ3n) is 12.0. The standard InChI is InChI=1S/C53H102O6/c1-6-7-8-9-10-11-12-13-14-15-16-20-23-28-33-38-43-51(54)57-46-50(47-58-52(55)44-39-34-30-25-27-32-37-42-49(4)5)59-53(56)45-40-35-29-24-21-18-17-19-22-26-31-36-41-48(2)3/h48-50H,6-47H2,1-5H3/t50-/m0/s1. The Morgan fingerprint density at radius 2 is 0.559 bits per heavy atom. The van der Waals surface area contributed by atoms with Crippen molar-refractivity contribution in [2.45, 2.75) is 298 Å². The smallest absolute Gasteiger partial charge is 0.306 e. The normalized spacial score (nSPS) is 12.1. The van der Waals surface area contributed by atoms with Gasteiger partial charge in [0.1, 0.15) is 13.2 Å². The first-order valence-electron chi connectivity index (χ1n) is 26.2. The molecule has 0 rings (SSSR count). The molecular formula is C53H102O6. The van der Waals surface area contributed by atoms with Crippen LogP contribution in [-0.4, -0.2) is 37.2 Å². The highest BCUT2D eigenvalue weighted by Crippen LogP contribution is 2.17. The van der Waals surface area contributed by atoms with E-state index in [1.165, 1.54) is 180 Å². The molecular weight excluding hydrogens is 733 g/mol. The van der Waals surface area contributed by atoms with Crippen molar-refractivity contribution >= 4 is 17.9 Å². The average Bonchev–Trinajstić information content (AvgIpc) is 3.20. The van der Waals surface area contributed by atoms with E-state index in [2.05, 4.69) is 34.6 Å². The molecule has 0 aromatic heterocycles. The van der Waals surface area contributed by atoms with Crippen LogP contribution in [0.25, 0.3) is 0 Å². The van der Waals surface area contributed by atoms with Gasteiger partial charge in [0.25, 0.3) is 0 Å². The Morgan fingerprint density at radius 1 is 0.322 bits per heavy atom. The zero-order chi connectivity index (χ0) is 43.3. The van der Waals surface area contributed by atoms with E-state index in [1.54, 1.807) is 0 Å². The fraction of sp³-hybridized carbons (Fsp3) is 0.943. The minimum Gasteiger partial charge on any atom is -0.462 e. The van der Waals surface area contributed by atoms with Gasteiger partial charge in [-0.25, -0.2) is 0 Å². The molecule has 350 valence electrons. The zero-order valence-corrected chi connectivity index (χ0v) is 40.4. The molecule has 1 atom stereocenters. The van der Waals surface area contributed by atoms with Gasteiger partial charge in [0.05, 0.1) is 0 Å². The van der Waals surface area contributed by atoms with Crippen LogP contribution in [0, 0.1) is 11.8 Å². The second kappa shape index (κ2) is 45.9. The van der Waals surface area contributed by atoms with Gasteiger partial charge in [-0.15, -0.1) is 0 Å². The predicted octanol–water partition coefficient (Wildman–Crippen LogP) is 16.9. The highest BCUT2D eigenvalue weighted by atomic mass is 16.6. The lowest BCUT2D eigenvalue weighted by atomic mass is 10.0. The molecule has 0 radical (unpaired) electrons. The Labute approximate surface area is 368 Å². The van der Waals surface area contributed by atoms with E-state index in [4.69, 9.17) is 14.2 Å². The lowest BCUT2D eigenvalue weighted by Crippen LogP contribution is -2.30. The van der Waals surface area contributed by atoms with E-state index in [0.29, 0.717) is 19.3 Å². The van der Waals surface area contributed by atoms with Gasteiger partial charge in [-0.05, 0) is 31.1 Å². The Morgan fingerprint density at radius 3 is 0.831 bits per heavy atom. The summed E-state index contributed by atoms with van der Waals surface area (Å²) >= 11 is 0. The summed E-state index contributed by atoms with van der Waals surface area (Å²) in [5.41, 5.74) is 0. The van der Waals surface area contributed by atoms with Gasteiger partial charge in [-0.3, -0.25) is 14.4 Å². The van der Waals surface area contributed by atoms with Crippen LogP contribution >= 0.6 is 0 Å². The minimum atomic E-state index is -0.762. The SMILES string of the molecule is CCCCCCCCCCCCCCCCCCC(=O)OC[C@@H](COC(=O)CCCCCCCCCC(C)C)OC(=O)CCCCCCCCCCCCCCC(C)C. The lowest BCUT2D eigenvalue weighted by molar-refractivity contribution is -0.167. The number of ether oxygens (including phenoxy) is 3. The van der Waals surface area contributed by atoms with Crippen LogP contribution in [0.2, 0.25) is 0 Å². The van der Waals surface area contributed by atoms with Crippen molar-refractivity contribution in [1.29, 1.82) is 0 Å². The molecule has 0 bridgehead atoms. The first-order valence-corrected chi connectivity index (χ1v) is 26.2. The highest BCUT2D eigenvalue weighted by Gasteiger charge is 2.19. The van der Waals surface area contributed by atoms with Crippen LogP contribution in [0.5, 0.6) is 0 Å². The van der Waals surface area contributed by atoms with Gasteiger partial charge in [0.15, 0.2) is 6.10 Å². The monoisotopic (exact) mass is 835 g/mol. The van der Waals surface area contributed by atoms with Crippen molar-refractivity contribution in [2.24, 2.45) is 11.8 Å². The van der Waals surface area contributed by atoms with Gasteiger partial charge in [0.2, 0.25) is 0 Å². The van der Waals surface area contributed by atoms with Crippen molar-refractivity contribution < 1.29 is 28.6 Å². The molecule has 0 aromatic carbocycles. The van der Waals surface area contributed by atoms with E-state index in [-0.39, 0.29) is 31.1 Å². The molecule has 0 amide bonds. The average molecular weight is 835 g/mol. The maximum atomic E-state index is 12.8. The molecule has 0 aromatic rings. The molecule has 0 heterocycles. The number of carbonyl (C=O) groups excluding carboxylic acids is 3. The van der Waals surface area contributed by atoms with Crippen LogP contribution in [0.3, 0.4) is 0 Å². The van der Waals surface area contributed by atoms with Crippen molar-refractivity contribution in [3.63, 3.8) is 0 Å². The van der Waals surface area contributed by atoms with Crippen LogP contribution in [0.1, 0.15) is 291 Å². The lowest BCUT2D eigenvalue weighted by Gasteiger charge is -2.18. The predicted molar refractivity (Wildman–Crippen MR) is 252 cm³/mol. The summed E-state index contributed by atoms with van der Waals surface area (Å²) in [6.07, 6.45) is 46.7. The van der Waals surface area contributed by atoms with Crippen molar-refractivity contribution in [3.8, 4) is 0 Å². The first kappa shape index (κ1) is 57.4.